The number of rotatable bonds is 9. The van der Waals surface area contributed by atoms with E-state index in [-0.39, 0.29) is 18.3 Å². The number of benzene rings is 1. The smallest absolute Gasteiger partial charge is 0.311 e. The van der Waals surface area contributed by atoms with Crippen LogP contribution in [0.3, 0.4) is 0 Å². The number of hydrogen-bond acceptors (Lipinski definition) is 3. The third-order valence-electron chi connectivity index (χ3n) is 3.59. The summed E-state index contributed by atoms with van der Waals surface area (Å²) in [6, 6.07) is 6.36. The van der Waals surface area contributed by atoms with E-state index in [0.717, 1.165) is 6.42 Å². The van der Waals surface area contributed by atoms with Crippen molar-refractivity contribution >= 4 is 25.0 Å². The van der Waals surface area contributed by atoms with E-state index < -0.39 is 19.3 Å². The van der Waals surface area contributed by atoms with Crippen molar-refractivity contribution in [3.63, 3.8) is 0 Å². The first-order chi connectivity index (χ1) is 11.1. The van der Waals surface area contributed by atoms with Crippen LogP contribution in [-0.4, -0.2) is 34.3 Å². The van der Waals surface area contributed by atoms with Gasteiger partial charge in [0, 0.05) is 12.3 Å². The number of hydrogen-bond donors (Lipinski definition) is 4. The topological polar surface area (TPSA) is 139 Å². The van der Waals surface area contributed by atoms with Gasteiger partial charge in [0.25, 0.3) is 0 Å². The summed E-state index contributed by atoms with van der Waals surface area (Å²) in [5.74, 6) is -1.92. The highest BCUT2D eigenvalue weighted by atomic mass is 31.2. The normalized spacial score (nSPS) is 14.8. The molecule has 0 aromatic heterocycles. The second-order valence-electron chi connectivity index (χ2n) is 6.31. The molecule has 0 saturated heterocycles. The summed E-state index contributed by atoms with van der Waals surface area (Å²) >= 11 is 0. The van der Waals surface area contributed by atoms with Crippen LogP contribution >= 0.6 is 7.37 Å². The lowest BCUT2D eigenvalue weighted by atomic mass is 10.0. The molecule has 24 heavy (non-hydrogen) atoms. The lowest BCUT2D eigenvalue weighted by molar-refractivity contribution is -0.138. The molecule has 0 heterocycles. The fourth-order valence-corrected chi connectivity index (χ4v) is 4.21. The molecule has 0 aliphatic carbocycles. The van der Waals surface area contributed by atoms with E-state index >= 15 is 0 Å². The van der Waals surface area contributed by atoms with Crippen LogP contribution in [-0.2, 0) is 9.36 Å². The fraction of sp³-hybridized carbons (Fsp3) is 0.500. The van der Waals surface area contributed by atoms with Gasteiger partial charge in [-0.2, -0.15) is 0 Å². The van der Waals surface area contributed by atoms with E-state index in [1.54, 1.807) is 18.2 Å². The highest BCUT2D eigenvalue weighted by Crippen LogP contribution is 2.46. The van der Waals surface area contributed by atoms with E-state index in [4.69, 9.17) is 11.5 Å². The molecule has 0 saturated carbocycles. The zero-order valence-electron chi connectivity index (χ0n) is 14.1. The Morgan fingerprint density at radius 2 is 2.00 bits per heavy atom. The van der Waals surface area contributed by atoms with Gasteiger partial charge in [0.1, 0.15) is 0 Å². The third kappa shape index (κ3) is 7.15. The number of aliphatic imine (C=N–C) groups is 1. The standard InChI is InChI=1S/C16H26N3O4P/c1-11(2)5-4-8-24(22,23)10-14(15(20)21)12-6-3-7-13(9-12)19-16(17)18/h3,6-7,9,11,14H,4-5,8,10H2,1-2H3,(H,20,21)(H,22,23)(H4,17,18,19). The molecular formula is C16H26N3O4P. The largest absolute Gasteiger partial charge is 0.481 e. The Kier molecular flexibility index (Phi) is 7.45. The summed E-state index contributed by atoms with van der Waals surface area (Å²) in [4.78, 5) is 25.6. The van der Waals surface area contributed by atoms with Crippen molar-refractivity contribution in [3.05, 3.63) is 29.8 Å². The first-order valence-electron chi connectivity index (χ1n) is 7.84. The Morgan fingerprint density at radius 1 is 1.33 bits per heavy atom. The predicted octanol–water partition coefficient (Wildman–Crippen LogP) is 2.47. The number of carboxylic acids is 1. The van der Waals surface area contributed by atoms with Crippen LogP contribution in [0.15, 0.2) is 29.3 Å². The molecule has 0 aliphatic heterocycles. The van der Waals surface area contributed by atoms with Crippen molar-refractivity contribution in [1.29, 1.82) is 0 Å². The maximum atomic E-state index is 12.4. The van der Waals surface area contributed by atoms with Crippen LogP contribution in [0.2, 0.25) is 0 Å². The van der Waals surface area contributed by atoms with Crippen LogP contribution in [0.5, 0.6) is 0 Å². The Labute approximate surface area is 142 Å². The molecule has 1 aromatic carbocycles. The molecule has 1 rings (SSSR count). The molecule has 2 unspecified atom stereocenters. The minimum absolute atomic E-state index is 0.128. The highest BCUT2D eigenvalue weighted by molar-refractivity contribution is 7.58. The zero-order chi connectivity index (χ0) is 18.3. The number of carbonyl (C=O) groups is 1. The number of aliphatic carboxylic acids is 1. The van der Waals surface area contributed by atoms with Crippen molar-refractivity contribution in [2.24, 2.45) is 22.4 Å². The van der Waals surface area contributed by atoms with Crippen molar-refractivity contribution in [1.82, 2.24) is 0 Å². The molecule has 8 heteroatoms. The van der Waals surface area contributed by atoms with Crippen molar-refractivity contribution in [2.75, 3.05) is 12.3 Å². The number of carboxylic acid groups (broad SMARTS) is 1. The molecule has 7 nitrogen and oxygen atoms in total. The first-order valence-corrected chi connectivity index (χ1v) is 9.87. The monoisotopic (exact) mass is 355 g/mol. The fourth-order valence-electron chi connectivity index (χ4n) is 2.41. The summed E-state index contributed by atoms with van der Waals surface area (Å²) < 4.78 is 12.4. The number of guanidine groups is 1. The van der Waals surface area contributed by atoms with Gasteiger partial charge in [-0.25, -0.2) is 4.99 Å². The summed E-state index contributed by atoms with van der Waals surface area (Å²) in [5.41, 5.74) is 11.5. The van der Waals surface area contributed by atoms with Crippen LogP contribution in [0.25, 0.3) is 0 Å². The maximum Gasteiger partial charge on any atom is 0.311 e. The Hall–Kier alpha value is -1.85. The molecule has 2 atom stereocenters. The molecular weight excluding hydrogens is 329 g/mol. The first kappa shape index (κ1) is 20.2. The Balaban J connectivity index is 2.93. The van der Waals surface area contributed by atoms with Gasteiger partial charge in [-0.3, -0.25) is 9.36 Å². The third-order valence-corrected chi connectivity index (χ3v) is 5.54. The molecule has 0 amide bonds. The minimum atomic E-state index is -3.53. The molecule has 6 N–H and O–H groups in total. The van der Waals surface area contributed by atoms with Crippen LogP contribution in [0, 0.1) is 5.92 Å². The average molecular weight is 355 g/mol. The summed E-state index contributed by atoms with van der Waals surface area (Å²) in [6.07, 6.45) is 1.27. The van der Waals surface area contributed by atoms with Crippen molar-refractivity contribution in [3.8, 4) is 0 Å². The van der Waals surface area contributed by atoms with Gasteiger partial charge in [0.2, 0.25) is 7.37 Å². The Morgan fingerprint density at radius 3 is 2.54 bits per heavy atom. The van der Waals surface area contributed by atoms with Gasteiger partial charge in [0.05, 0.1) is 11.6 Å². The minimum Gasteiger partial charge on any atom is -0.481 e. The molecule has 0 bridgehead atoms. The molecule has 0 radical (unpaired) electrons. The van der Waals surface area contributed by atoms with Crippen molar-refractivity contribution in [2.45, 2.75) is 32.6 Å². The average Bonchev–Trinajstić information content (AvgIpc) is 2.43. The van der Waals surface area contributed by atoms with Gasteiger partial charge in [-0.1, -0.05) is 32.4 Å². The van der Waals surface area contributed by atoms with E-state index in [1.165, 1.54) is 6.07 Å². The van der Waals surface area contributed by atoms with E-state index in [9.17, 15) is 19.4 Å². The molecule has 1 aromatic rings. The van der Waals surface area contributed by atoms with Crippen LogP contribution in [0.4, 0.5) is 5.69 Å². The zero-order valence-corrected chi connectivity index (χ0v) is 14.9. The SMILES string of the molecule is CC(C)CCCP(=O)(O)CC(C(=O)O)c1cccc(N=C(N)N)c1. The number of nitrogens with zero attached hydrogens (tertiary/aromatic N) is 1. The van der Waals surface area contributed by atoms with Gasteiger partial charge in [0.15, 0.2) is 5.96 Å². The van der Waals surface area contributed by atoms with Gasteiger partial charge in [-0.15, -0.1) is 0 Å². The quantitative estimate of drug-likeness (QED) is 0.305. The Bertz CT molecular complexity index is 642. The lowest BCUT2D eigenvalue weighted by Gasteiger charge is -2.18. The van der Waals surface area contributed by atoms with Crippen LogP contribution < -0.4 is 11.5 Å². The lowest BCUT2D eigenvalue weighted by Crippen LogP contribution is -2.22. The maximum absolute atomic E-state index is 12.4. The summed E-state index contributed by atoms with van der Waals surface area (Å²) in [7, 11) is -3.53. The summed E-state index contributed by atoms with van der Waals surface area (Å²) in [5, 5.41) is 9.46. The van der Waals surface area contributed by atoms with Gasteiger partial charge in [-0.05, 0) is 30.0 Å². The van der Waals surface area contributed by atoms with Gasteiger partial charge >= 0.3 is 5.97 Å². The molecule has 0 fully saturated rings. The predicted molar refractivity (Wildman–Crippen MR) is 95.9 cm³/mol. The molecule has 0 aliphatic rings. The highest BCUT2D eigenvalue weighted by Gasteiger charge is 2.30. The van der Waals surface area contributed by atoms with Crippen molar-refractivity contribution < 1.29 is 19.4 Å². The van der Waals surface area contributed by atoms with Crippen LogP contribution in [0.1, 0.15) is 38.2 Å². The second-order valence-corrected chi connectivity index (χ2v) is 8.82. The van der Waals surface area contributed by atoms with E-state index in [0.29, 0.717) is 23.6 Å². The summed E-state index contributed by atoms with van der Waals surface area (Å²) in [6.45, 7) is 4.08. The van der Waals surface area contributed by atoms with E-state index in [1.807, 2.05) is 13.8 Å². The molecule has 134 valence electrons. The van der Waals surface area contributed by atoms with Gasteiger partial charge < -0.3 is 21.5 Å². The van der Waals surface area contributed by atoms with E-state index in [2.05, 4.69) is 4.99 Å². The molecule has 0 spiro atoms. The number of nitrogens with two attached hydrogens (primary N) is 2. The second kappa shape index (κ2) is 8.85.